The molecule has 0 atom stereocenters. The third-order valence-electron chi connectivity index (χ3n) is 4.09. The van der Waals surface area contributed by atoms with Crippen LogP contribution in [0.15, 0.2) is 72.8 Å². The fourth-order valence-corrected chi connectivity index (χ4v) is 2.96. The van der Waals surface area contributed by atoms with Gasteiger partial charge in [0.25, 0.3) is 0 Å². The Balaban J connectivity index is 1.90. The average molecular weight is 300 g/mol. The predicted octanol–water partition coefficient (Wildman–Crippen LogP) is 4.61. The Labute approximate surface area is 134 Å². The van der Waals surface area contributed by atoms with Gasteiger partial charge in [0.1, 0.15) is 11.4 Å². The van der Waals surface area contributed by atoms with Crippen molar-refractivity contribution in [2.75, 3.05) is 0 Å². The van der Waals surface area contributed by atoms with Crippen molar-refractivity contribution >= 4 is 10.8 Å². The van der Waals surface area contributed by atoms with E-state index in [9.17, 15) is 5.11 Å². The minimum atomic E-state index is 0.217. The van der Waals surface area contributed by atoms with Crippen LogP contribution in [0.3, 0.4) is 0 Å². The van der Waals surface area contributed by atoms with Crippen molar-refractivity contribution in [3.63, 3.8) is 0 Å². The largest absolute Gasteiger partial charge is 0.504 e. The Kier molecular flexibility index (Phi) is 3.12. The molecule has 1 aromatic heterocycles. The summed E-state index contributed by atoms with van der Waals surface area (Å²) in [6.45, 7) is 0. The zero-order chi connectivity index (χ0) is 15.8. The Morgan fingerprint density at radius 1 is 0.783 bits per heavy atom. The summed E-state index contributed by atoms with van der Waals surface area (Å²) in [6.07, 6.45) is 0. The van der Waals surface area contributed by atoms with E-state index < -0.39 is 0 Å². The van der Waals surface area contributed by atoms with E-state index in [4.69, 9.17) is 0 Å². The highest BCUT2D eigenvalue weighted by Crippen LogP contribution is 2.38. The van der Waals surface area contributed by atoms with Gasteiger partial charge in [-0.1, -0.05) is 66.7 Å². The lowest BCUT2D eigenvalue weighted by molar-refractivity contribution is 0.478. The third kappa shape index (κ3) is 2.27. The normalized spacial score (nSPS) is 11.0. The van der Waals surface area contributed by atoms with Crippen LogP contribution in [-0.4, -0.2) is 14.9 Å². The summed E-state index contributed by atoms with van der Waals surface area (Å²) in [5.41, 5.74) is 3.21. The highest BCUT2D eigenvalue weighted by molar-refractivity contribution is 5.88. The summed E-state index contributed by atoms with van der Waals surface area (Å²) >= 11 is 0. The molecule has 0 spiro atoms. The molecule has 0 bridgehead atoms. The van der Waals surface area contributed by atoms with E-state index in [1.165, 1.54) is 5.39 Å². The summed E-state index contributed by atoms with van der Waals surface area (Å²) in [7, 11) is 1.86. The molecule has 0 radical (unpaired) electrons. The molecule has 3 nitrogen and oxygen atoms in total. The lowest BCUT2D eigenvalue weighted by Gasteiger charge is -2.05. The van der Waals surface area contributed by atoms with Gasteiger partial charge in [-0.25, -0.2) is 0 Å². The number of aromatic hydroxyl groups is 1. The van der Waals surface area contributed by atoms with Gasteiger partial charge in [0, 0.05) is 18.2 Å². The van der Waals surface area contributed by atoms with E-state index in [2.05, 4.69) is 29.4 Å². The molecule has 0 aliphatic carbocycles. The van der Waals surface area contributed by atoms with Crippen LogP contribution >= 0.6 is 0 Å². The SMILES string of the molecule is Cn1nc(-c2ccccc2)c(O)c1-c1ccc2ccccc2c1. The summed E-state index contributed by atoms with van der Waals surface area (Å²) < 4.78 is 1.74. The first-order valence-electron chi connectivity index (χ1n) is 7.54. The summed E-state index contributed by atoms with van der Waals surface area (Å²) in [5.74, 6) is 0.217. The van der Waals surface area contributed by atoms with Gasteiger partial charge in [0.05, 0.1) is 0 Å². The monoisotopic (exact) mass is 300 g/mol. The van der Waals surface area contributed by atoms with Gasteiger partial charge < -0.3 is 5.11 Å². The number of aromatic nitrogens is 2. The van der Waals surface area contributed by atoms with Crippen molar-refractivity contribution in [1.82, 2.24) is 9.78 Å². The summed E-state index contributed by atoms with van der Waals surface area (Å²) in [6, 6.07) is 24.1. The Morgan fingerprint density at radius 2 is 1.48 bits per heavy atom. The third-order valence-corrected chi connectivity index (χ3v) is 4.09. The molecule has 3 heteroatoms. The van der Waals surface area contributed by atoms with Crippen LogP contribution in [0.2, 0.25) is 0 Å². The number of aryl methyl sites for hydroxylation is 1. The van der Waals surface area contributed by atoms with Gasteiger partial charge in [-0.3, -0.25) is 4.68 Å². The highest BCUT2D eigenvalue weighted by Gasteiger charge is 2.18. The number of rotatable bonds is 2. The molecule has 0 aliphatic heterocycles. The second kappa shape index (κ2) is 5.29. The van der Waals surface area contributed by atoms with Crippen molar-refractivity contribution in [2.45, 2.75) is 0 Å². The number of hydrogen-bond acceptors (Lipinski definition) is 2. The standard InChI is InChI=1S/C20H16N2O/c1-22-19(17-12-11-14-7-5-6-10-16(14)13-17)20(23)18(21-22)15-8-3-2-4-9-15/h2-13,23H,1H3. The maximum atomic E-state index is 10.7. The average Bonchev–Trinajstić information content (AvgIpc) is 2.90. The molecule has 0 fully saturated rings. The van der Waals surface area contributed by atoms with Crippen LogP contribution in [0.5, 0.6) is 5.75 Å². The fourth-order valence-electron chi connectivity index (χ4n) is 2.96. The molecular weight excluding hydrogens is 284 g/mol. The quantitative estimate of drug-likeness (QED) is 0.587. The molecular formula is C20H16N2O. The molecule has 112 valence electrons. The van der Waals surface area contributed by atoms with Gasteiger partial charge in [-0.05, 0) is 16.8 Å². The maximum Gasteiger partial charge on any atom is 0.169 e. The van der Waals surface area contributed by atoms with Crippen molar-refractivity contribution in [3.8, 4) is 28.3 Å². The molecule has 0 saturated carbocycles. The second-order valence-corrected chi connectivity index (χ2v) is 5.60. The number of hydrogen-bond donors (Lipinski definition) is 1. The molecule has 0 amide bonds. The van der Waals surface area contributed by atoms with E-state index in [0.29, 0.717) is 5.69 Å². The van der Waals surface area contributed by atoms with E-state index in [-0.39, 0.29) is 5.75 Å². The second-order valence-electron chi connectivity index (χ2n) is 5.60. The van der Waals surface area contributed by atoms with Crippen molar-refractivity contribution in [1.29, 1.82) is 0 Å². The Bertz CT molecular complexity index is 987. The molecule has 1 N–H and O–H groups in total. The minimum absolute atomic E-state index is 0.217. The van der Waals surface area contributed by atoms with Crippen molar-refractivity contribution < 1.29 is 5.11 Å². The fraction of sp³-hybridized carbons (Fsp3) is 0.0500. The molecule has 3 aromatic carbocycles. The van der Waals surface area contributed by atoms with Gasteiger partial charge in [-0.15, -0.1) is 0 Å². The predicted molar refractivity (Wildman–Crippen MR) is 93.3 cm³/mol. The van der Waals surface area contributed by atoms with Crippen molar-refractivity contribution in [2.24, 2.45) is 7.05 Å². The van der Waals surface area contributed by atoms with Crippen molar-refractivity contribution in [3.05, 3.63) is 72.8 Å². The van der Waals surface area contributed by atoms with E-state index in [0.717, 1.165) is 22.2 Å². The van der Waals surface area contributed by atoms with Gasteiger partial charge >= 0.3 is 0 Å². The zero-order valence-electron chi connectivity index (χ0n) is 12.8. The van der Waals surface area contributed by atoms with Gasteiger partial charge in [0.15, 0.2) is 5.75 Å². The van der Waals surface area contributed by atoms with Crippen LogP contribution in [0.1, 0.15) is 0 Å². The summed E-state index contributed by atoms with van der Waals surface area (Å²) in [5, 5.41) is 17.5. The van der Waals surface area contributed by atoms with E-state index in [1.807, 2.05) is 55.6 Å². The maximum absolute atomic E-state index is 10.7. The molecule has 0 unspecified atom stereocenters. The molecule has 4 aromatic rings. The highest BCUT2D eigenvalue weighted by atomic mass is 16.3. The minimum Gasteiger partial charge on any atom is -0.504 e. The summed E-state index contributed by atoms with van der Waals surface area (Å²) in [4.78, 5) is 0. The molecule has 1 heterocycles. The van der Waals surface area contributed by atoms with Gasteiger partial charge in [0.2, 0.25) is 0 Å². The van der Waals surface area contributed by atoms with E-state index in [1.54, 1.807) is 4.68 Å². The molecule has 0 aliphatic rings. The topological polar surface area (TPSA) is 38.0 Å². The lowest BCUT2D eigenvalue weighted by atomic mass is 10.0. The van der Waals surface area contributed by atoms with Crippen LogP contribution in [-0.2, 0) is 7.05 Å². The van der Waals surface area contributed by atoms with Crippen LogP contribution in [0.25, 0.3) is 33.3 Å². The molecule has 4 rings (SSSR count). The first kappa shape index (κ1) is 13.6. The smallest absolute Gasteiger partial charge is 0.169 e. The Morgan fingerprint density at radius 3 is 2.26 bits per heavy atom. The van der Waals surface area contributed by atoms with Crippen LogP contribution in [0.4, 0.5) is 0 Å². The lowest BCUT2D eigenvalue weighted by Crippen LogP contribution is -1.93. The van der Waals surface area contributed by atoms with Crippen LogP contribution in [0, 0.1) is 0 Å². The van der Waals surface area contributed by atoms with Crippen LogP contribution < -0.4 is 0 Å². The molecule has 23 heavy (non-hydrogen) atoms. The Hall–Kier alpha value is -3.07. The van der Waals surface area contributed by atoms with Gasteiger partial charge in [-0.2, -0.15) is 5.10 Å². The zero-order valence-corrected chi connectivity index (χ0v) is 12.8. The number of fused-ring (bicyclic) bond motifs is 1. The number of nitrogens with zero attached hydrogens (tertiary/aromatic N) is 2. The molecule has 0 saturated heterocycles. The van der Waals surface area contributed by atoms with E-state index >= 15 is 0 Å². The first-order valence-corrected chi connectivity index (χ1v) is 7.54. The number of benzene rings is 3. The first-order chi connectivity index (χ1) is 11.2.